The van der Waals surface area contributed by atoms with Gasteiger partial charge in [-0.1, -0.05) is 0 Å². The zero-order valence-corrected chi connectivity index (χ0v) is 5.91. The summed E-state index contributed by atoms with van der Waals surface area (Å²) < 4.78 is 3.97. The van der Waals surface area contributed by atoms with Gasteiger partial charge in [0.25, 0.3) is 0 Å². The van der Waals surface area contributed by atoms with Crippen molar-refractivity contribution in [1.29, 1.82) is 0 Å². The summed E-state index contributed by atoms with van der Waals surface area (Å²) in [6.45, 7) is 0. The van der Waals surface area contributed by atoms with Gasteiger partial charge in [-0.3, -0.25) is 0 Å². The molecule has 0 saturated carbocycles. The van der Waals surface area contributed by atoms with Gasteiger partial charge in [-0.2, -0.15) is 0 Å². The average molecular weight is 138 g/mol. The molecule has 5 heteroatoms. The summed E-state index contributed by atoms with van der Waals surface area (Å²) in [5.41, 5.74) is 0. The molecule has 0 bridgehead atoms. The Bertz CT molecular complexity index is 135. The van der Waals surface area contributed by atoms with Gasteiger partial charge < -0.3 is 10.2 Å². The van der Waals surface area contributed by atoms with Crippen LogP contribution < -0.4 is 0 Å². The third kappa shape index (κ3) is 3.23. The van der Waals surface area contributed by atoms with Crippen LogP contribution in [-0.4, -0.2) is 35.0 Å². The first-order valence-corrected chi connectivity index (χ1v) is 1.73. The third-order valence-electron chi connectivity index (χ3n) is 0.557. The van der Waals surface area contributed by atoms with Crippen LogP contribution in [0.1, 0.15) is 0 Å². The van der Waals surface area contributed by atoms with Crippen LogP contribution >= 0.6 is 0 Å². The van der Waals surface area contributed by atoms with E-state index in [2.05, 4.69) is 4.74 Å². The molecule has 0 aromatic carbocycles. The molecule has 1 heterocycles. The fourth-order valence-corrected chi connectivity index (χ4v) is 0.303. The number of carbonyl (C=O) groups is 2. The van der Waals surface area contributed by atoms with Crippen molar-refractivity contribution < 1.29 is 19.8 Å². The van der Waals surface area contributed by atoms with E-state index in [4.69, 9.17) is 0 Å². The van der Waals surface area contributed by atoms with Crippen molar-refractivity contribution in [3.05, 3.63) is 12.2 Å². The van der Waals surface area contributed by atoms with Crippen molar-refractivity contribution in [1.82, 2.24) is 0 Å². The summed E-state index contributed by atoms with van der Waals surface area (Å²) in [5.74, 6) is -1.16. The van der Waals surface area contributed by atoms with E-state index in [9.17, 15) is 9.59 Å². The Hall–Kier alpha value is -0.394. The molecule has 0 saturated heterocycles. The molecule has 0 aliphatic carbocycles. The molecule has 4 nitrogen and oxygen atoms in total. The molecule has 44 valence electrons. The smallest absolute Gasteiger partial charge is 2.00 e. The van der Waals surface area contributed by atoms with Crippen molar-refractivity contribution in [3.63, 3.8) is 0 Å². The summed E-state index contributed by atoms with van der Waals surface area (Å²) in [5, 5.41) is 0. The van der Waals surface area contributed by atoms with Crippen LogP contribution in [0.4, 0.5) is 0 Å². The molecule has 1 aliphatic heterocycles. The topological polar surface area (TPSA) is 71.9 Å². The minimum absolute atomic E-state index is 0. The first-order valence-electron chi connectivity index (χ1n) is 1.73. The van der Waals surface area contributed by atoms with Crippen molar-refractivity contribution in [2.75, 3.05) is 0 Å². The molecule has 0 aromatic heterocycles. The first-order chi connectivity index (χ1) is 3.29. The van der Waals surface area contributed by atoms with Crippen molar-refractivity contribution >= 4 is 35.0 Å². The predicted octanol–water partition coefficient (Wildman–Crippen LogP) is -0.874. The van der Waals surface area contributed by atoms with E-state index < -0.39 is 11.9 Å². The molecular weight excluding hydrogens is 136 g/mol. The number of cyclic esters (lactones) is 2. The largest absolute Gasteiger partial charge is 2.00 e. The molecule has 0 unspecified atom stereocenters. The molecule has 0 atom stereocenters. The van der Waals surface area contributed by atoms with E-state index in [-0.39, 0.29) is 28.5 Å². The van der Waals surface area contributed by atoms with Gasteiger partial charge >= 0.3 is 35.0 Å². The zero-order chi connectivity index (χ0) is 5.28. The Balaban J connectivity index is 0. The standard InChI is InChI=1S/C4H2O3.Mg.O/c5-3-1-2-4(6)7-3;;/h1-2H;;/q;+2;-2. The molecule has 0 aromatic rings. The van der Waals surface area contributed by atoms with Gasteiger partial charge in [0.2, 0.25) is 0 Å². The van der Waals surface area contributed by atoms with Crippen LogP contribution in [0.25, 0.3) is 0 Å². The Labute approximate surface area is 67.3 Å². The minimum Gasteiger partial charge on any atom is -2.00 e. The van der Waals surface area contributed by atoms with E-state index in [1.165, 1.54) is 0 Å². The van der Waals surface area contributed by atoms with Crippen LogP contribution in [-0.2, 0) is 19.8 Å². The van der Waals surface area contributed by atoms with Crippen molar-refractivity contribution in [2.45, 2.75) is 0 Å². The van der Waals surface area contributed by atoms with Gasteiger partial charge in [0.05, 0.1) is 0 Å². The molecular formula is C4H2MgO4. The second-order valence-electron chi connectivity index (χ2n) is 1.07. The van der Waals surface area contributed by atoms with Crippen molar-refractivity contribution in [3.8, 4) is 0 Å². The van der Waals surface area contributed by atoms with Gasteiger partial charge in [0.1, 0.15) is 0 Å². The van der Waals surface area contributed by atoms with Crippen LogP contribution in [0, 0.1) is 0 Å². The summed E-state index contributed by atoms with van der Waals surface area (Å²) in [4.78, 5) is 19.8. The van der Waals surface area contributed by atoms with Gasteiger partial charge in [-0.15, -0.1) is 0 Å². The second-order valence-corrected chi connectivity index (χ2v) is 1.07. The van der Waals surface area contributed by atoms with Crippen molar-refractivity contribution in [2.24, 2.45) is 0 Å². The van der Waals surface area contributed by atoms with E-state index in [0.717, 1.165) is 12.2 Å². The van der Waals surface area contributed by atoms with Crippen LogP contribution in [0.3, 0.4) is 0 Å². The molecule has 0 N–H and O–H groups in total. The number of esters is 2. The normalized spacial score (nSPS) is 13.8. The number of rotatable bonds is 0. The molecule has 0 spiro atoms. The summed E-state index contributed by atoms with van der Waals surface area (Å²) in [6.07, 6.45) is 2.17. The predicted molar refractivity (Wildman–Crippen MR) is 26.7 cm³/mol. The average Bonchev–Trinajstić information content (AvgIpc) is 1.87. The SMILES string of the molecule is O=C1C=CC(=O)O1.[Mg+2].[O-2]. The minimum atomic E-state index is -0.579. The maximum atomic E-state index is 9.92. The van der Waals surface area contributed by atoms with Gasteiger partial charge in [0.15, 0.2) is 0 Å². The van der Waals surface area contributed by atoms with E-state index in [1.54, 1.807) is 0 Å². The van der Waals surface area contributed by atoms with Gasteiger partial charge in [-0.25, -0.2) is 9.59 Å². The quantitative estimate of drug-likeness (QED) is 0.248. The number of hydrogen-bond acceptors (Lipinski definition) is 3. The Morgan fingerprint density at radius 3 is 1.56 bits per heavy atom. The summed E-state index contributed by atoms with van der Waals surface area (Å²) in [6, 6.07) is 0. The molecule has 9 heavy (non-hydrogen) atoms. The maximum absolute atomic E-state index is 9.92. The fraction of sp³-hybridized carbons (Fsp3) is 0. The maximum Gasteiger partial charge on any atom is 2.00 e. The third-order valence-corrected chi connectivity index (χ3v) is 0.557. The molecule has 0 fully saturated rings. The van der Waals surface area contributed by atoms with Gasteiger partial charge in [-0.05, 0) is 0 Å². The van der Waals surface area contributed by atoms with E-state index in [1.807, 2.05) is 0 Å². The van der Waals surface area contributed by atoms with Crippen LogP contribution in [0.5, 0.6) is 0 Å². The second kappa shape index (κ2) is 4.48. The van der Waals surface area contributed by atoms with Gasteiger partial charge in [0, 0.05) is 12.2 Å². The van der Waals surface area contributed by atoms with E-state index in [0.29, 0.717) is 0 Å². The zero-order valence-electron chi connectivity index (χ0n) is 4.49. The molecule has 1 rings (SSSR count). The Morgan fingerprint density at radius 1 is 1.11 bits per heavy atom. The summed E-state index contributed by atoms with van der Waals surface area (Å²) in [7, 11) is 0. The Morgan fingerprint density at radius 2 is 1.44 bits per heavy atom. The number of ether oxygens (including phenoxy) is 1. The molecule has 1 aliphatic rings. The monoisotopic (exact) mass is 138 g/mol. The molecule has 0 amide bonds. The Kier molecular flexibility index (Phi) is 5.68. The number of carbonyl (C=O) groups excluding carboxylic acids is 2. The first kappa shape index (κ1) is 11.4. The van der Waals surface area contributed by atoms with E-state index >= 15 is 0 Å². The van der Waals surface area contributed by atoms with Crippen LogP contribution in [0.15, 0.2) is 12.2 Å². The fourth-order valence-electron chi connectivity index (χ4n) is 0.303. The van der Waals surface area contributed by atoms with Crippen LogP contribution in [0.2, 0.25) is 0 Å². The summed E-state index contributed by atoms with van der Waals surface area (Å²) >= 11 is 0. The molecule has 0 radical (unpaired) electrons. The number of hydrogen-bond donors (Lipinski definition) is 0.